The van der Waals surface area contributed by atoms with Gasteiger partial charge in [-0.25, -0.2) is 4.79 Å². The van der Waals surface area contributed by atoms with E-state index in [1.54, 1.807) is 6.20 Å². The average Bonchev–Trinajstić information content (AvgIpc) is 2.49. The van der Waals surface area contributed by atoms with Crippen LogP contribution >= 0.6 is 0 Å². The number of hydrogen-bond acceptors (Lipinski definition) is 4. The molecule has 1 amide bonds. The van der Waals surface area contributed by atoms with Gasteiger partial charge in [0.25, 0.3) is 0 Å². The number of carbonyl (C=O) groups is 1. The molecule has 0 radical (unpaired) electrons. The minimum atomic E-state index is -0.472. The second-order valence-electron chi connectivity index (χ2n) is 6.72. The third-order valence-electron chi connectivity index (χ3n) is 3.31. The van der Waals surface area contributed by atoms with E-state index in [2.05, 4.69) is 33.8 Å². The van der Waals surface area contributed by atoms with Gasteiger partial charge in [0.05, 0.1) is 0 Å². The van der Waals surface area contributed by atoms with Crippen LogP contribution in [-0.4, -0.2) is 29.3 Å². The third kappa shape index (κ3) is 5.87. The standard InChI is InChI=1S/C18H25N3O2/c1-13(10-21-17(22)23-18(2,3)4)20-11-14-5-6-16-12-19-8-7-15(16)9-14/h5-9,12-13,20H,10-11H2,1-4H3,(H,21,22). The molecule has 5 heteroatoms. The number of fused-ring (bicyclic) bond motifs is 1. The topological polar surface area (TPSA) is 63.2 Å². The molecule has 0 aliphatic carbocycles. The molecule has 0 bridgehead atoms. The van der Waals surface area contributed by atoms with Crippen molar-refractivity contribution in [3.63, 3.8) is 0 Å². The molecular weight excluding hydrogens is 290 g/mol. The maximum atomic E-state index is 11.6. The maximum absolute atomic E-state index is 11.6. The summed E-state index contributed by atoms with van der Waals surface area (Å²) in [6, 6.07) is 8.47. The van der Waals surface area contributed by atoms with Gasteiger partial charge in [-0.05, 0) is 50.8 Å². The van der Waals surface area contributed by atoms with Gasteiger partial charge in [-0.2, -0.15) is 0 Å². The number of alkyl carbamates (subject to hydrolysis) is 1. The molecule has 5 nitrogen and oxygen atoms in total. The fourth-order valence-corrected chi connectivity index (χ4v) is 2.16. The van der Waals surface area contributed by atoms with E-state index in [4.69, 9.17) is 4.74 Å². The molecule has 2 aromatic rings. The first-order valence-electron chi connectivity index (χ1n) is 7.86. The Bertz CT molecular complexity index is 665. The van der Waals surface area contributed by atoms with Crippen LogP contribution in [0.1, 0.15) is 33.3 Å². The molecule has 124 valence electrons. The first kappa shape index (κ1) is 17.2. The molecule has 1 unspecified atom stereocenters. The van der Waals surface area contributed by atoms with Crippen LogP contribution < -0.4 is 10.6 Å². The lowest BCUT2D eigenvalue weighted by Crippen LogP contribution is -2.40. The minimum absolute atomic E-state index is 0.149. The van der Waals surface area contributed by atoms with Crippen molar-refractivity contribution in [1.29, 1.82) is 0 Å². The highest BCUT2D eigenvalue weighted by Gasteiger charge is 2.16. The Balaban J connectivity index is 1.79. The number of benzene rings is 1. The largest absolute Gasteiger partial charge is 0.444 e. The van der Waals surface area contributed by atoms with Crippen LogP contribution in [0.25, 0.3) is 10.8 Å². The number of pyridine rings is 1. The zero-order valence-electron chi connectivity index (χ0n) is 14.2. The fourth-order valence-electron chi connectivity index (χ4n) is 2.16. The van der Waals surface area contributed by atoms with E-state index in [1.165, 1.54) is 10.9 Å². The van der Waals surface area contributed by atoms with Crippen molar-refractivity contribution in [2.24, 2.45) is 0 Å². The number of aromatic nitrogens is 1. The summed E-state index contributed by atoms with van der Waals surface area (Å²) in [6.07, 6.45) is 3.27. The predicted octanol–water partition coefficient (Wildman–Crippen LogP) is 3.24. The lowest BCUT2D eigenvalue weighted by molar-refractivity contribution is 0.0523. The maximum Gasteiger partial charge on any atom is 0.407 e. The molecule has 0 fully saturated rings. The Labute approximate surface area is 137 Å². The second kappa shape index (κ2) is 7.42. The van der Waals surface area contributed by atoms with Crippen LogP contribution in [0.4, 0.5) is 4.79 Å². The summed E-state index contributed by atoms with van der Waals surface area (Å²) in [5.41, 5.74) is 0.730. The van der Waals surface area contributed by atoms with Crippen LogP contribution in [0.15, 0.2) is 36.7 Å². The first-order valence-corrected chi connectivity index (χ1v) is 7.86. The first-order chi connectivity index (χ1) is 10.8. The lowest BCUT2D eigenvalue weighted by Gasteiger charge is -2.21. The van der Waals surface area contributed by atoms with Crippen LogP contribution in [0.2, 0.25) is 0 Å². The summed E-state index contributed by atoms with van der Waals surface area (Å²) < 4.78 is 5.22. The smallest absolute Gasteiger partial charge is 0.407 e. The quantitative estimate of drug-likeness (QED) is 0.889. The van der Waals surface area contributed by atoms with Crippen molar-refractivity contribution in [3.05, 3.63) is 42.2 Å². The average molecular weight is 315 g/mol. The van der Waals surface area contributed by atoms with E-state index in [0.717, 1.165) is 11.9 Å². The molecule has 0 spiro atoms. The molecule has 1 heterocycles. The third-order valence-corrected chi connectivity index (χ3v) is 3.31. The fraction of sp³-hybridized carbons (Fsp3) is 0.444. The zero-order valence-corrected chi connectivity index (χ0v) is 14.2. The number of nitrogens with zero attached hydrogens (tertiary/aromatic N) is 1. The van der Waals surface area contributed by atoms with Gasteiger partial charge in [0.15, 0.2) is 0 Å². The summed E-state index contributed by atoms with van der Waals surface area (Å²) in [6.45, 7) is 8.85. The van der Waals surface area contributed by atoms with Gasteiger partial charge in [-0.15, -0.1) is 0 Å². The highest BCUT2D eigenvalue weighted by molar-refractivity contribution is 5.81. The van der Waals surface area contributed by atoms with Crippen molar-refractivity contribution in [2.45, 2.75) is 45.9 Å². The molecule has 23 heavy (non-hydrogen) atoms. The Hall–Kier alpha value is -2.14. The summed E-state index contributed by atoms with van der Waals surface area (Å²) in [5.74, 6) is 0. The predicted molar refractivity (Wildman–Crippen MR) is 92.3 cm³/mol. The molecule has 0 saturated heterocycles. The number of rotatable bonds is 5. The number of ether oxygens (including phenoxy) is 1. The number of hydrogen-bond donors (Lipinski definition) is 2. The van der Waals surface area contributed by atoms with Crippen LogP contribution in [0, 0.1) is 0 Å². The molecule has 0 aliphatic rings. The van der Waals surface area contributed by atoms with Gasteiger partial charge >= 0.3 is 6.09 Å². The Morgan fingerprint density at radius 3 is 2.78 bits per heavy atom. The monoisotopic (exact) mass is 315 g/mol. The van der Waals surface area contributed by atoms with Gasteiger partial charge in [-0.3, -0.25) is 4.98 Å². The Morgan fingerprint density at radius 2 is 2.04 bits per heavy atom. The van der Waals surface area contributed by atoms with Crippen LogP contribution in [0.3, 0.4) is 0 Å². The van der Waals surface area contributed by atoms with Gasteiger partial charge in [-0.1, -0.05) is 12.1 Å². The van der Waals surface area contributed by atoms with Crippen molar-refractivity contribution >= 4 is 16.9 Å². The molecule has 1 atom stereocenters. The van der Waals surface area contributed by atoms with Crippen LogP contribution in [-0.2, 0) is 11.3 Å². The molecule has 1 aromatic heterocycles. The second-order valence-corrected chi connectivity index (χ2v) is 6.72. The van der Waals surface area contributed by atoms with Crippen molar-refractivity contribution in [1.82, 2.24) is 15.6 Å². The molecule has 0 aliphatic heterocycles. The highest BCUT2D eigenvalue weighted by atomic mass is 16.6. The summed E-state index contributed by atoms with van der Waals surface area (Å²) >= 11 is 0. The molecule has 2 rings (SSSR count). The molecule has 0 saturated carbocycles. The number of amides is 1. The Kier molecular flexibility index (Phi) is 5.55. The van der Waals surface area contributed by atoms with E-state index in [9.17, 15) is 4.79 Å². The lowest BCUT2D eigenvalue weighted by atomic mass is 10.1. The summed E-state index contributed by atoms with van der Waals surface area (Å²) in [5, 5.41) is 8.48. The number of carbonyl (C=O) groups excluding carboxylic acids is 1. The van der Waals surface area contributed by atoms with E-state index >= 15 is 0 Å². The minimum Gasteiger partial charge on any atom is -0.444 e. The van der Waals surface area contributed by atoms with E-state index in [1.807, 2.05) is 40.0 Å². The molecular formula is C18H25N3O2. The normalized spacial score (nSPS) is 12.9. The van der Waals surface area contributed by atoms with E-state index < -0.39 is 5.60 Å². The van der Waals surface area contributed by atoms with Crippen molar-refractivity contribution in [2.75, 3.05) is 6.54 Å². The van der Waals surface area contributed by atoms with Gasteiger partial charge in [0, 0.05) is 36.9 Å². The zero-order chi connectivity index (χ0) is 16.9. The summed E-state index contributed by atoms with van der Waals surface area (Å²) in [7, 11) is 0. The molecule has 2 N–H and O–H groups in total. The van der Waals surface area contributed by atoms with Crippen molar-refractivity contribution < 1.29 is 9.53 Å². The summed E-state index contributed by atoms with van der Waals surface area (Å²) in [4.78, 5) is 15.7. The van der Waals surface area contributed by atoms with Crippen molar-refractivity contribution in [3.8, 4) is 0 Å². The van der Waals surface area contributed by atoms with Crippen LogP contribution in [0.5, 0.6) is 0 Å². The SMILES string of the molecule is CC(CNC(=O)OC(C)(C)C)NCc1ccc2cnccc2c1. The number of nitrogens with one attached hydrogen (secondary N) is 2. The van der Waals surface area contributed by atoms with E-state index in [-0.39, 0.29) is 12.1 Å². The molecule has 1 aromatic carbocycles. The van der Waals surface area contributed by atoms with E-state index in [0.29, 0.717) is 6.54 Å². The van der Waals surface area contributed by atoms with Gasteiger partial charge in [0.1, 0.15) is 5.60 Å². The highest BCUT2D eigenvalue weighted by Crippen LogP contribution is 2.14. The van der Waals surface area contributed by atoms with Gasteiger partial charge < -0.3 is 15.4 Å². The van der Waals surface area contributed by atoms with Gasteiger partial charge in [0.2, 0.25) is 0 Å². The Morgan fingerprint density at radius 1 is 1.26 bits per heavy atom.